The Labute approximate surface area is 204 Å². The maximum atomic E-state index is 6.52. The molecule has 8 nitrogen and oxygen atoms in total. The highest BCUT2D eigenvalue weighted by Gasteiger charge is 2.34. The summed E-state index contributed by atoms with van der Waals surface area (Å²) in [5.74, 6) is 2.81. The van der Waals surface area contributed by atoms with Gasteiger partial charge in [0.2, 0.25) is 5.88 Å². The average molecular weight is 469 g/mol. The molecule has 0 spiro atoms. The van der Waals surface area contributed by atoms with E-state index in [1.807, 2.05) is 37.3 Å². The van der Waals surface area contributed by atoms with Crippen LogP contribution < -0.4 is 14.8 Å². The number of hydrogen-bond acceptors (Lipinski definition) is 7. The topological polar surface area (TPSA) is 77.3 Å². The van der Waals surface area contributed by atoms with Gasteiger partial charge in [-0.15, -0.1) is 0 Å². The van der Waals surface area contributed by atoms with Gasteiger partial charge in [0.25, 0.3) is 0 Å². The first kappa shape index (κ1) is 21.6. The van der Waals surface area contributed by atoms with Crippen LogP contribution in [0.4, 0.5) is 11.5 Å². The number of aryl methyl sites for hydroxylation is 1. The molecule has 0 radical (unpaired) electrons. The summed E-state index contributed by atoms with van der Waals surface area (Å²) in [6.45, 7) is 3.59. The Hall–Kier alpha value is -3.91. The molecule has 2 aliphatic rings. The van der Waals surface area contributed by atoms with Crippen molar-refractivity contribution < 1.29 is 9.47 Å². The molecule has 2 aromatic carbocycles. The van der Waals surface area contributed by atoms with Crippen molar-refractivity contribution in [1.29, 1.82) is 0 Å². The van der Waals surface area contributed by atoms with E-state index in [4.69, 9.17) is 14.5 Å². The van der Waals surface area contributed by atoms with Gasteiger partial charge in [0, 0.05) is 36.4 Å². The minimum atomic E-state index is -0.0497. The van der Waals surface area contributed by atoms with Gasteiger partial charge < -0.3 is 14.8 Å². The maximum absolute atomic E-state index is 6.52. The maximum Gasteiger partial charge on any atom is 0.220 e. The third-order valence-corrected chi connectivity index (χ3v) is 6.51. The molecule has 1 saturated carbocycles. The number of rotatable bonds is 6. The first-order valence-electron chi connectivity index (χ1n) is 12.0. The first-order valence-corrected chi connectivity index (χ1v) is 12.0. The summed E-state index contributed by atoms with van der Waals surface area (Å²) in [7, 11) is 1.65. The van der Waals surface area contributed by atoms with Crippen LogP contribution in [0.5, 0.6) is 11.6 Å². The molecule has 3 heterocycles. The number of hydrogen-bond donors (Lipinski definition) is 1. The zero-order valence-electron chi connectivity index (χ0n) is 19.9. The van der Waals surface area contributed by atoms with Gasteiger partial charge in [-0.05, 0) is 49.6 Å². The number of nitrogens with zero attached hydrogens (tertiary/aromatic N) is 5. The molecule has 1 aliphatic carbocycles. The SMILES string of the molecule is COc1cc(Nc2ccc3c(n2)OC(c2ccccc2)CN(C2CC2)C3)ccc1-n1cnc(C)n1. The number of nitrogens with one attached hydrogen (secondary N) is 1. The molecule has 8 heteroatoms. The van der Waals surface area contributed by atoms with Crippen LogP contribution >= 0.6 is 0 Å². The minimum absolute atomic E-state index is 0.0497. The van der Waals surface area contributed by atoms with Crippen LogP contribution in [0.3, 0.4) is 0 Å². The second-order valence-electron chi connectivity index (χ2n) is 9.09. The molecule has 0 bridgehead atoms. The van der Waals surface area contributed by atoms with Gasteiger partial charge in [0.1, 0.15) is 35.5 Å². The quantitative estimate of drug-likeness (QED) is 0.435. The molecule has 0 amide bonds. The third kappa shape index (κ3) is 4.57. The van der Waals surface area contributed by atoms with Gasteiger partial charge in [-0.1, -0.05) is 30.3 Å². The zero-order valence-corrected chi connectivity index (χ0v) is 19.9. The van der Waals surface area contributed by atoms with Crippen molar-refractivity contribution in [3.05, 3.63) is 83.9 Å². The minimum Gasteiger partial charge on any atom is -0.494 e. The number of anilines is 2. The molecule has 4 aromatic rings. The van der Waals surface area contributed by atoms with Crippen molar-refractivity contribution in [1.82, 2.24) is 24.6 Å². The van der Waals surface area contributed by atoms with Crippen molar-refractivity contribution in [2.24, 2.45) is 0 Å². The van der Waals surface area contributed by atoms with Crippen LogP contribution in [0.2, 0.25) is 0 Å². The lowest BCUT2D eigenvalue weighted by molar-refractivity contribution is 0.140. The van der Waals surface area contributed by atoms with E-state index < -0.39 is 0 Å². The molecule has 2 aromatic heterocycles. The average Bonchev–Trinajstić information content (AvgIpc) is 3.67. The Bertz CT molecular complexity index is 1330. The normalized spacial score (nSPS) is 17.8. The highest BCUT2D eigenvalue weighted by Crippen LogP contribution is 2.37. The van der Waals surface area contributed by atoms with Crippen molar-refractivity contribution in [2.45, 2.75) is 38.5 Å². The summed E-state index contributed by atoms with van der Waals surface area (Å²) in [6.07, 6.45) is 4.15. The summed E-state index contributed by atoms with van der Waals surface area (Å²) >= 11 is 0. The van der Waals surface area contributed by atoms with Crippen molar-refractivity contribution >= 4 is 11.5 Å². The van der Waals surface area contributed by atoms with Gasteiger partial charge >= 0.3 is 0 Å². The van der Waals surface area contributed by atoms with E-state index in [1.54, 1.807) is 18.1 Å². The van der Waals surface area contributed by atoms with Crippen LogP contribution in [0.1, 0.15) is 35.9 Å². The summed E-state index contributed by atoms with van der Waals surface area (Å²) in [6, 6.07) is 21.1. The van der Waals surface area contributed by atoms with Crippen LogP contribution in [0, 0.1) is 6.92 Å². The van der Waals surface area contributed by atoms with E-state index in [-0.39, 0.29) is 6.10 Å². The number of fused-ring (bicyclic) bond motifs is 1. The third-order valence-electron chi connectivity index (χ3n) is 6.51. The molecule has 1 unspecified atom stereocenters. The van der Waals surface area contributed by atoms with Crippen LogP contribution in [-0.4, -0.2) is 44.3 Å². The number of ether oxygens (including phenoxy) is 2. The van der Waals surface area contributed by atoms with E-state index >= 15 is 0 Å². The number of pyridine rings is 1. The summed E-state index contributed by atoms with van der Waals surface area (Å²) < 4.78 is 13.8. The van der Waals surface area contributed by atoms with Crippen molar-refractivity contribution in [2.75, 3.05) is 19.0 Å². The Morgan fingerprint density at radius 1 is 1.06 bits per heavy atom. The second kappa shape index (κ2) is 9.03. The molecule has 1 aliphatic heterocycles. The smallest absolute Gasteiger partial charge is 0.220 e. The molecule has 1 fully saturated rings. The fourth-order valence-electron chi connectivity index (χ4n) is 4.54. The molecule has 178 valence electrons. The second-order valence-corrected chi connectivity index (χ2v) is 9.09. The van der Waals surface area contributed by atoms with Crippen LogP contribution in [-0.2, 0) is 6.54 Å². The molecule has 1 atom stereocenters. The monoisotopic (exact) mass is 468 g/mol. The van der Waals surface area contributed by atoms with E-state index in [0.717, 1.165) is 35.8 Å². The molecule has 0 saturated heterocycles. The fraction of sp³-hybridized carbons (Fsp3) is 0.296. The largest absolute Gasteiger partial charge is 0.494 e. The Balaban J connectivity index is 1.28. The van der Waals surface area contributed by atoms with Crippen molar-refractivity contribution in [3.63, 3.8) is 0 Å². The lowest BCUT2D eigenvalue weighted by Gasteiger charge is -2.23. The lowest BCUT2D eigenvalue weighted by Crippen LogP contribution is -2.30. The Morgan fingerprint density at radius 2 is 1.91 bits per heavy atom. The molecular formula is C27H28N6O2. The number of benzene rings is 2. The Morgan fingerprint density at radius 3 is 2.66 bits per heavy atom. The van der Waals surface area contributed by atoms with Gasteiger partial charge in [-0.25, -0.2) is 9.67 Å². The van der Waals surface area contributed by atoms with Crippen LogP contribution in [0.15, 0.2) is 67.0 Å². The number of methoxy groups -OCH3 is 1. The highest BCUT2D eigenvalue weighted by molar-refractivity contribution is 5.63. The van der Waals surface area contributed by atoms with E-state index in [0.29, 0.717) is 23.5 Å². The van der Waals surface area contributed by atoms with E-state index in [2.05, 4.69) is 50.6 Å². The number of aromatic nitrogens is 4. The van der Waals surface area contributed by atoms with Gasteiger partial charge in [-0.2, -0.15) is 10.1 Å². The van der Waals surface area contributed by atoms with Gasteiger partial charge in [0.05, 0.1) is 7.11 Å². The molecule has 35 heavy (non-hydrogen) atoms. The van der Waals surface area contributed by atoms with Crippen LogP contribution in [0.25, 0.3) is 5.69 Å². The van der Waals surface area contributed by atoms with Gasteiger partial charge in [-0.3, -0.25) is 4.90 Å². The van der Waals surface area contributed by atoms with E-state index in [1.165, 1.54) is 18.4 Å². The molecule has 6 rings (SSSR count). The molecule has 1 N–H and O–H groups in total. The molecular weight excluding hydrogens is 440 g/mol. The zero-order chi connectivity index (χ0) is 23.8. The predicted octanol–water partition coefficient (Wildman–Crippen LogP) is 4.82. The van der Waals surface area contributed by atoms with Gasteiger partial charge in [0.15, 0.2) is 0 Å². The standard InChI is InChI=1S/C27H28N6O2/c1-18-28-17-33(31-18)23-12-9-21(14-24(23)34-2)29-26-13-8-20-15-32(22-10-11-22)16-25(35-27(20)30-26)19-6-4-3-5-7-19/h3-9,12-14,17,22,25H,10-11,15-16H2,1-2H3,(H,29,30). The summed E-state index contributed by atoms with van der Waals surface area (Å²) in [5.41, 5.74) is 3.98. The first-order chi connectivity index (χ1) is 17.2. The fourth-order valence-corrected chi connectivity index (χ4v) is 4.54. The van der Waals surface area contributed by atoms with Crippen molar-refractivity contribution in [3.8, 4) is 17.3 Å². The van der Waals surface area contributed by atoms with E-state index in [9.17, 15) is 0 Å². The summed E-state index contributed by atoms with van der Waals surface area (Å²) in [4.78, 5) is 11.6. The summed E-state index contributed by atoms with van der Waals surface area (Å²) in [5, 5.41) is 7.79. The predicted molar refractivity (Wildman–Crippen MR) is 133 cm³/mol. The highest BCUT2D eigenvalue weighted by atomic mass is 16.5. The lowest BCUT2D eigenvalue weighted by atomic mass is 10.1. The Kier molecular flexibility index (Phi) is 5.58.